The molecule has 102 valence electrons. The molecular formula is C14H15N5O. The van der Waals surface area contributed by atoms with Crippen LogP contribution in [0.2, 0.25) is 0 Å². The number of amides is 1. The van der Waals surface area contributed by atoms with E-state index in [2.05, 4.69) is 15.4 Å². The molecule has 0 aliphatic carbocycles. The summed E-state index contributed by atoms with van der Waals surface area (Å²) < 4.78 is 0. The molecule has 6 heteroatoms. The van der Waals surface area contributed by atoms with Crippen molar-refractivity contribution in [1.82, 2.24) is 20.2 Å². The van der Waals surface area contributed by atoms with E-state index in [4.69, 9.17) is 5.73 Å². The molecular weight excluding hydrogens is 254 g/mol. The molecule has 2 N–H and O–H groups in total. The number of primary amides is 1. The fourth-order valence-electron chi connectivity index (χ4n) is 1.02. The van der Waals surface area contributed by atoms with Crippen LogP contribution in [0.25, 0.3) is 0 Å². The van der Waals surface area contributed by atoms with Crippen LogP contribution < -0.4 is 5.73 Å². The predicted octanol–water partition coefficient (Wildman–Crippen LogP) is 1.97. The van der Waals surface area contributed by atoms with Gasteiger partial charge >= 0.3 is 6.03 Å². The molecule has 20 heavy (non-hydrogen) atoms. The van der Waals surface area contributed by atoms with E-state index in [-0.39, 0.29) is 0 Å². The van der Waals surface area contributed by atoms with Gasteiger partial charge in [0.15, 0.2) is 0 Å². The molecule has 0 radical (unpaired) electrons. The van der Waals surface area contributed by atoms with Crippen LogP contribution >= 0.6 is 0 Å². The number of hydrogen-bond acceptors (Lipinski definition) is 4. The Balaban J connectivity index is 3.25. The fourth-order valence-corrected chi connectivity index (χ4v) is 1.02. The highest BCUT2D eigenvalue weighted by Crippen LogP contribution is 1.78. The summed E-state index contributed by atoms with van der Waals surface area (Å²) in [4.78, 5) is 11.7. The first-order valence-corrected chi connectivity index (χ1v) is 5.83. The lowest BCUT2D eigenvalue weighted by Gasteiger charge is -1.88. The second-order valence-corrected chi connectivity index (χ2v) is 3.36. The van der Waals surface area contributed by atoms with Crippen molar-refractivity contribution < 1.29 is 4.79 Å². The van der Waals surface area contributed by atoms with Gasteiger partial charge < -0.3 is 5.73 Å². The van der Waals surface area contributed by atoms with Gasteiger partial charge in [-0.3, -0.25) is 0 Å². The Bertz CT molecular complexity index is 551. The maximum absolute atomic E-state index is 11.0. The molecule has 0 aliphatic rings. The Kier molecular flexibility index (Phi) is 7.49. The van der Waals surface area contributed by atoms with E-state index < -0.39 is 6.03 Å². The highest BCUT2D eigenvalue weighted by Gasteiger charge is 1.92. The van der Waals surface area contributed by atoms with E-state index in [1.807, 2.05) is 42.5 Å². The number of hydrogen-bond donors (Lipinski definition) is 1. The zero-order valence-electron chi connectivity index (χ0n) is 10.8. The molecule has 0 unspecified atom stereocenters. The van der Waals surface area contributed by atoms with Gasteiger partial charge in [0.05, 0.1) is 6.20 Å². The lowest BCUT2D eigenvalue weighted by atomic mass is 10.4. The summed E-state index contributed by atoms with van der Waals surface area (Å²) in [5.41, 5.74) is 5.09. The van der Waals surface area contributed by atoms with E-state index in [1.54, 1.807) is 24.3 Å². The monoisotopic (exact) mass is 269 g/mol. The third-order valence-electron chi connectivity index (χ3n) is 1.86. The molecule has 6 nitrogen and oxygen atoms in total. The molecule has 1 aromatic rings. The molecule has 0 aromatic carbocycles. The van der Waals surface area contributed by atoms with Crippen LogP contribution in [0.3, 0.4) is 0 Å². The van der Waals surface area contributed by atoms with Gasteiger partial charge in [0, 0.05) is 6.20 Å². The van der Waals surface area contributed by atoms with Crippen molar-refractivity contribution >= 4 is 6.03 Å². The van der Waals surface area contributed by atoms with E-state index in [9.17, 15) is 4.79 Å². The molecule has 1 rings (SSSR count). The number of nitrogens with zero attached hydrogens (tertiary/aromatic N) is 4. The maximum Gasteiger partial charge on any atom is 0.358 e. The molecule has 0 fully saturated rings. The minimum absolute atomic E-state index is 0.694. The number of aromatic nitrogens is 4. The number of rotatable bonds is 0. The summed E-state index contributed by atoms with van der Waals surface area (Å²) in [5, 5.41) is 10.9. The smallest absolute Gasteiger partial charge is 0.348 e. The lowest BCUT2D eigenvalue weighted by molar-refractivity contribution is 0.242. The summed E-state index contributed by atoms with van der Waals surface area (Å²) in [6, 6.07) is 19.1. The summed E-state index contributed by atoms with van der Waals surface area (Å²) in [6.45, 7) is 0. The van der Waals surface area contributed by atoms with Crippen molar-refractivity contribution in [1.29, 1.82) is 0 Å². The van der Waals surface area contributed by atoms with Crippen molar-refractivity contribution in [2.45, 2.75) is 0 Å². The topological polar surface area (TPSA) is 86.7 Å². The van der Waals surface area contributed by atoms with E-state index >= 15 is 0 Å². The van der Waals surface area contributed by atoms with Crippen LogP contribution in [0.5, 0.6) is 0 Å². The van der Waals surface area contributed by atoms with Crippen LogP contribution in [-0.2, 0) is 0 Å². The Labute approximate surface area is 116 Å². The van der Waals surface area contributed by atoms with Gasteiger partial charge in [0.25, 0.3) is 0 Å². The minimum atomic E-state index is -0.818. The molecule has 0 atom stereocenters. The van der Waals surface area contributed by atoms with Crippen LogP contribution in [0.15, 0.2) is 79.1 Å². The Morgan fingerprint density at radius 3 is 1.70 bits per heavy atom. The first-order valence-electron chi connectivity index (χ1n) is 5.83. The van der Waals surface area contributed by atoms with Gasteiger partial charge in [-0.2, -0.15) is 5.10 Å². The number of carbonyl (C=O) groups excluding carboxylic acids is 1. The van der Waals surface area contributed by atoms with Crippen LogP contribution in [0.4, 0.5) is 4.79 Å². The molecule has 1 amide bonds. The largest absolute Gasteiger partial charge is 0.358 e. The Morgan fingerprint density at radius 2 is 1.20 bits per heavy atom. The van der Waals surface area contributed by atoms with Gasteiger partial charge in [0.2, 0.25) is 0 Å². The van der Waals surface area contributed by atoms with E-state index in [0.717, 1.165) is 0 Å². The third-order valence-corrected chi connectivity index (χ3v) is 1.86. The molecule has 0 saturated carbocycles. The normalized spacial score (nSPS) is 8.40. The maximum atomic E-state index is 11.0. The zero-order valence-corrected chi connectivity index (χ0v) is 10.8. The van der Waals surface area contributed by atoms with Crippen molar-refractivity contribution in [3.8, 4) is 0 Å². The summed E-state index contributed by atoms with van der Waals surface area (Å²) in [5.74, 6) is 0. The average Bonchev–Trinajstić information content (AvgIpc) is 2.43. The summed E-state index contributed by atoms with van der Waals surface area (Å²) >= 11 is 0. The third kappa shape index (κ3) is 7.33. The number of carbonyl (C=O) groups is 1. The molecule has 0 saturated heterocycles. The van der Waals surface area contributed by atoms with Gasteiger partial charge in [-0.25, -0.2) is 4.79 Å². The van der Waals surface area contributed by atoms with Crippen molar-refractivity contribution in [3.63, 3.8) is 0 Å². The Hall–Kier alpha value is -3.02. The van der Waals surface area contributed by atoms with Crippen LogP contribution in [0, 0.1) is 0 Å². The van der Waals surface area contributed by atoms with Gasteiger partial charge in [-0.15, -0.1) is 5.10 Å². The molecule has 1 heterocycles. The highest BCUT2D eigenvalue weighted by atomic mass is 16.2. The van der Waals surface area contributed by atoms with Gasteiger partial charge in [-0.1, -0.05) is 59.4 Å². The van der Waals surface area contributed by atoms with Crippen molar-refractivity contribution in [2.24, 2.45) is 5.73 Å². The van der Waals surface area contributed by atoms with Gasteiger partial charge in [0.1, 0.15) is 0 Å². The average molecular weight is 269 g/mol. The van der Waals surface area contributed by atoms with E-state index in [0.29, 0.717) is 4.80 Å². The minimum Gasteiger partial charge on any atom is -0.348 e. The lowest BCUT2D eigenvalue weighted by Crippen LogP contribution is -2.24. The quantitative estimate of drug-likeness (QED) is 0.780. The molecule has 0 aliphatic heterocycles. The van der Waals surface area contributed by atoms with Crippen molar-refractivity contribution in [2.75, 3.05) is 0 Å². The first-order chi connectivity index (χ1) is 9.80. The number of nitrogens with two attached hydrogens (primary N) is 1. The SMILES string of the molecule is NC(=O)n1ncccccccccccccnn1. The first kappa shape index (κ1) is 15.0. The standard InChI is InChI=1S/C14H15N5O/c15-14(20)19-17-13-11-9-7-5-3-1-2-4-6-8-10-12-16-18-19/h1-13H,(H2,15,20). The molecule has 0 spiro atoms. The van der Waals surface area contributed by atoms with E-state index in [1.165, 1.54) is 12.4 Å². The van der Waals surface area contributed by atoms with Crippen LogP contribution in [-0.4, -0.2) is 26.2 Å². The summed E-state index contributed by atoms with van der Waals surface area (Å²) in [6.07, 6.45) is 2.81. The molecule has 1 aromatic heterocycles. The molecule has 0 bridgehead atoms. The fraction of sp³-hybridized carbons (Fsp3) is 0. The summed E-state index contributed by atoms with van der Waals surface area (Å²) in [7, 11) is 0. The predicted molar refractivity (Wildman–Crippen MR) is 75.7 cm³/mol. The van der Waals surface area contributed by atoms with Crippen LogP contribution in [0.1, 0.15) is 0 Å². The second-order valence-electron chi connectivity index (χ2n) is 3.36. The Morgan fingerprint density at radius 1 is 0.750 bits per heavy atom. The zero-order chi connectivity index (χ0) is 14.5. The van der Waals surface area contributed by atoms with Crippen molar-refractivity contribution in [3.05, 3.63) is 79.1 Å². The van der Waals surface area contributed by atoms with Gasteiger partial charge in [-0.05, 0) is 17.3 Å². The highest BCUT2D eigenvalue weighted by molar-refractivity contribution is 5.71. The second kappa shape index (κ2) is 9.95.